The van der Waals surface area contributed by atoms with E-state index in [-0.39, 0.29) is 0 Å². The maximum atomic E-state index is 11.6. The van der Waals surface area contributed by atoms with Crippen LogP contribution in [0.2, 0.25) is 5.02 Å². The minimum atomic E-state index is 0.337. The fourth-order valence-electron chi connectivity index (χ4n) is 2.71. The van der Waals surface area contributed by atoms with Gasteiger partial charge < -0.3 is 0 Å². The molecule has 0 saturated carbocycles. The highest BCUT2D eigenvalue weighted by Gasteiger charge is 2.15. The molecule has 2 aromatic rings. The molecule has 170 valence electrons. The number of pyridine rings is 1. The average Bonchev–Trinajstić information content (AvgIpc) is 2.77. The van der Waals surface area contributed by atoms with Crippen LogP contribution in [0.1, 0.15) is 70.4 Å². The number of carbonyl (C=O) groups excluding carboxylic acids is 1. The highest BCUT2D eigenvalue weighted by Crippen LogP contribution is 2.26. The van der Waals surface area contributed by atoms with E-state index < -0.39 is 0 Å². The first-order chi connectivity index (χ1) is 14.8. The van der Waals surface area contributed by atoms with Crippen molar-refractivity contribution in [3.8, 4) is 0 Å². The number of allylic oxidation sites excluding steroid dienone is 2. The highest BCUT2D eigenvalue weighted by atomic mass is 35.5. The van der Waals surface area contributed by atoms with E-state index >= 15 is 0 Å². The first-order valence-electron chi connectivity index (χ1n) is 10.8. The topological polar surface area (TPSA) is 42.3 Å². The first kappa shape index (κ1) is 29.2. The van der Waals surface area contributed by atoms with Gasteiger partial charge in [-0.15, -0.1) is 9.24 Å². The van der Waals surface area contributed by atoms with Crippen LogP contribution < -0.4 is 5.30 Å². The molecule has 0 aliphatic rings. The van der Waals surface area contributed by atoms with E-state index in [9.17, 15) is 4.79 Å². The first-order valence-corrected chi connectivity index (χ1v) is 11.7. The fraction of sp³-hybridized carbons (Fsp3) is 0.423. The number of aryl methyl sites for hydroxylation is 1. The Bertz CT molecular complexity index is 819. The van der Waals surface area contributed by atoms with E-state index in [1.807, 2.05) is 64.1 Å². The fourth-order valence-corrected chi connectivity index (χ4v) is 3.12. The van der Waals surface area contributed by atoms with E-state index in [1.165, 1.54) is 11.1 Å². The van der Waals surface area contributed by atoms with Crippen LogP contribution in [0.25, 0.3) is 0 Å². The second kappa shape index (κ2) is 17.8. The molecule has 0 radical (unpaired) electrons. The maximum absolute atomic E-state index is 11.6. The van der Waals surface area contributed by atoms with Gasteiger partial charge in [-0.3, -0.25) is 14.8 Å². The number of aliphatic imine (C=N–C) groups is 1. The Balaban J connectivity index is 0.000000527. The molecule has 2 atom stereocenters. The summed E-state index contributed by atoms with van der Waals surface area (Å²) in [5.41, 5.74) is 3.56. The van der Waals surface area contributed by atoms with Crippen LogP contribution in [-0.4, -0.2) is 23.5 Å². The highest BCUT2D eigenvalue weighted by molar-refractivity contribution is 7.28. The number of benzene rings is 1. The van der Waals surface area contributed by atoms with Crippen molar-refractivity contribution < 1.29 is 4.79 Å². The molecule has 3 nitrogen and oxygen atoms in total. The molecule has 0 N–H and O–H groups in total. The smallest absolute Gasteiger partial charge is 0.133 e. The average molecular weight is 461 g/mol. The summed E-state index contributed by atoms with van der Waals surface area (Å²) in [5.74, 6) is 0.674. The standard InChI is InChI=1S/C14H20ClOP.C6H7N.C6H11N/c1-3-5-10(8-12(16)4-2)11-6-7-13(15)14(17)9-11;1-6-2-4-7-5-3-6;1-4-5-6(2)7-3/h6-7,9-10H,3-5,8,17H2,1-2H3;2-5H,1H3;4-5H,1-3H3/b;;5-4-,7-6?. The van der Waals surface area contributed by atoms with Crippen molar-refractivity contribution in [2.45, 2.75) is 66.2 Å². The van der Waals surface area contributed by atoms with Crippen LogP contribution in [-0.2, 0) is 4.79 Å². The molecular weight excluding hydrogens is 423 g/mol. The van der Waals surface area contributed by atoms with Gasteiger partial charge >= 0.3 is 0 Å². The van der Waals surface area contributed by atoms with Crippen molar-refractivity contribution in [3.63, 3.8) is 0 Å². The molecule has 0 aliphatic heterocycles. The number of nitrogens with zero attached hydrogens (tertiary/aromatic N) is 2. The third-order valence-electron chi connectivity index (χ3n) is 4.60. The minimum Gasteiger partial charge on any atom is -0.300 e. The lowest BCUT2D eigenvalue weighted by Gasteiger charge is -2.16. The zero-order valence-corrected chi connectivity index (χ0v) is 21.8. The number of carbonyl (C=O) groups is 1. The van der Waals surface area contributed by atoms with Crippen LogP contribution >= 0.6 is 20.8 Å². The summed E-state index contributed by atoms with van der Waals surface area (Å²) >= 11 is 6.01. The lowest BCUT2D eigenvalue weighted by Crippen LogP contribution is -2.08. The molecule has 0 saturated heterocycles. The van der Waals surface area contributed by atoms with Gasteiger partial charge in [-0.2, -0.15) is 0 Å². The quantitative estimate of drug-likeness (QED) is 0.325. The summed E-state index contributed by atoms with van der Waals surface area (Å²) in [7, 11) is 4.43. The predicted molar refractivity (Wildman–Crippen MR) is 141 cm³/mol. The van der Waals surface area contributed by atoms with Crippen molar-refractivity contribution in [2.75, 3.05) is 7.05 Å². The van der Waals surface area contributed by atoms with Crippen LogP contribution in [0.5, 0.6) is 0 Å². The molecule has 5 heteroatoms. The molecular formula is C26H38ClN2OP. The minimum absolute atomic E-state index is 0.337. The van der Waals surface area contributed by atoms with E-state index in [2.05, 4.69) is 32.2 Å². The number of ketones is 1. The third-order valence-corrected chi connectivity index (χ3v) is 5.61. The summed E-state index contributed by atoms with van der Waals surface area (Å²) in [5, 5.41) is 1.77. The van der Waals surface area contributed by atoms with E-state index in [0.717, 1.165) is 28.9 Å². The van der Waals surface area contributed by atoms with Crippen molar-refractivity contribution in [1.29, 1.82) is 0 Å². The Morgan fingerprint density at radius 3 is 2.26 bits per heavy atom. The molecule has 2 rings (SSSR count). The number of aromatic nitrogens is 1. The number of hydrogen-bond acceptors (Lipinski definition) is 3. The molecule has 1 aromatic carbocycles. The predicted octanol–water partition coefficient (Wildman–Crippen LogP) is 7.14. The SMILES string of the molecule is C/C=C\C(C)=NC.CCCC(CC(=O)CC)c1ccc(Cl)c(P)c1.Cc1ccncc1. The van der Waals surface area contributed by atoms with Gasteiger partial charge in [0.05, 0.1) is 0 Å². The monoisotopic (exact) mass is 460 g/mol. The van der Waals surface area contributed by atoms with E-state index in [0.29, 0.717) is 24.5 Å². The van der Waals surface area contributed by atoms with Gasteiger partial charge in [-0.05, 0) is 73.8 Å². The Morgan fingerprint density at radius 1 is 1.23 bits per heavy atom. The summed E-state index contributed by atoms with van der Waals surface area (Å²) in [4.78, 5) is 19.3. The van der Waals surface area contributed by atoms with Gasteiger partial charge in [0.25, 0.3) is 0 Å². The van der Waals surface area contributed by atoms with Crippen molar-refractivity contribution >= 4 is 37.6 Å². The molecule has 0 fully saturated rings. The van der Waals surface area contributed by atoms with Gasteiger partial charge in [0.1, 0.15) is 5.78 Å². The second-order valence-electron chi connectivity index (χ2n) is 7.25. The Hall–Kier alpha value is -1.83. The Labute approximate surface area is 196 Å². The Morgan fingerprint density at radius 2 is 1.87 bits per heavy atom. The molecule has 2 unspecified atom stereocenters. The molecule has 0 aliphatic carbocycles. The lowest BCUT2D eigenvalue weighted by molar-refractivity contribution is -0.119. The zero-order valence-electron chi connectivity index (χ0n) is 19.9. The van der Waals surface area contributed by atoms with Gasteiger partial charge in [-0.25, -0.2) is 0 Å². The number of Topliss-reactive ketones (excluding diaryl/α,β-unsaturated/α-hetero) is 1. The number of halogens is 1. The summed E-state index contributed by atoms with van der Waals surface area (Å²) < 4.78 is 0. The zero-order chi connectivity index (χ0) is 23.6. The van der Waals surface area contributed by atoms with E-state index in [4.69, 9.17) is 11.6 Å². The molecule has 0 spiro atoms. The molecule has 0 amide bonds. The molecule has 0 bridgehead atoms. The normalized spacial score (nSPS) is 11.8. The number of hydrogen-bond donors (Lipinski definition) is 0. The second-order valence-corrected chi connectivity index (χ2v) is 8.28. The molecule has 1 aromatic heterocycles. The number of rotatable bonds is 7. The summed E-state index contributed by atoms with van der Waals surface area (Å²) in [6.45, 7) is 10.1. The maximum Gasteiger partial charge on any atom is 0.133 e. The van der Waals surface area contributed by atoms with Gasteiger partial charge in [0.15, 0.2) is 0 Å². The summed E-state index contributed by atoms with van der Waals surface area (Å²) in [6, 6.07) is 9.98. The van der Waals surface area contributed by atoms with E-state index in [1.54, 1.807) is 19.4 Å². The van der Waals surface area contributed by atoms with Crippen molar-refractivity contribution in [1.82, 2.24) is 4.98 Å². The van der Waals surface area contributed by atoms with Crippen molar-refractivity contribution in [3.05, 3.63) is 71.0 Å². The van der Waals surface area contributed by atoms with Crippen LogP contribution in [0.4, 0.5) is 0 Å². The van der Waals surface area contributed by atoms with Gasteiger partial charge in [0.2, 0.25) is 0 Å². The van der Waals surface area contributed by atoms with Crippen LogP contribution in [0.3, 0.4) is 0 Å². The van der Waals surface area contributed by atoms with Crippen LogP contribution in [0, 0.1) is 6.92 Å². The summed E-state index contributed by atoms with van der Waals surface area (Å²) in [6.07, 6.45) is 10.9. The Kier molecular flexibility index (Phi) is 16.8. The van der Waals surface area contributed by atoms with Gasteiger partial charge in [0, 0.05) is 43.0 Å². The third kappa shape index (κ3) is 14.0. The lowest BCUT2D eigenvalue weighted by atomic mass is 9.89. The molecule has 31 heavy (non-hydrogen) atoms. The van der Waals surface area contributed by atoms with Gasteiger partial charge in [-0.1, -0.05) is 50.1 Å². The largest absolute Gasteiger partial charge is 0.300 e. The molecule has 1 heterocycles. The van der Waals surface area contributed by atoms with Crippen molar-refractivity contribution in [2.24, 2.45) is 4.99 Å². The van der Waals surface area contributed by atoms with Crippen LogP contribution in [0.15, 0.2) is 59.9 Å².